The van der Waals surface area contributed by atoms with Gasteiger partial charge in [-0.15, -0.1) is 10.2 Å². The van der Waals surface area contributed by atoms with E-state index >= 15 is 0 Å². The van der Waals surface area contributed by atoms with Gasteiger partial charge in [-0.2, -0.15) is 0 Å². The maximum Gasteiger partial charge on any atom is 0.151 e. The summed E-state index contributed by atoms with van der Waals surface area (Å²) >= 11 is 0. The van der Waals surface area contributed by atoms with Crippen molar-refractivity contribution in [3.05, 3.63) is 77.9 Å². The van der Waals surface area contributed by atoms with Gasteiger partial charge >= 0.3 is 0 Å². The number of halogens is 2. The first-order chi connectivity index (χ1) is 13.6. The van der Waals surface area contributed by atoms with Crippen molar-refractivity contribution in [2.24, 2.45) is 5.92 Å². The number of hydrogen-bond acceptors (Lipinski definition) is 4. The van der Waals surface area contributed by atoms with Crippen LogP contribution in [-0.4, -0.2) is 28.4 Å². The minimum Gasteiger partial charge on any atom is -0.388 e. The van der Waals surface area contributed by atoms with Gasteiger partial charge < -0.3 is 10.0 Å². The number of benzene rings is 2. The van der Waals surface area contributed by atoms with E-state index in [1.165, 1.54) is 24.3 Å². The average molecular weight is 381 g/mol. The van der Waals surface area contributed by atoms with E-state index in [2.05, 4.69) is 15.1 Å². The zero-order chi connectivity index (χ0) is 19.5. The normalized spacial score (nSPS) is 16.2. The minimum atomic E-state index is -0.588. The minimum absolute atomic E-state index is 0.133. The lowest BCUT2D eigenvalue weighted by atomic mass is 9.87. The van der Waals surface area contributed by atoms with Crippen LogP contribution >= 0.6 is 0 Å². The molecule has 0 bridgehead atoms. The first kappa shape index (κ1) is 18.5. The summed E-state index contributed by atoms with van der Waals surface area (Å²) in [4.78, 5) is 2.15. The molecule has 0 saturated carbocycles. The van der Waals surface area contributed by atoms with Crippen LogP contribution in [0, 0.1) is 17.6 Å². The number of hydrogen-bond donors (Lipinski definition) is 1. The Hall–Kier alpha value is -2.86. The fraction of sp³-hybridized carbons (Fsp3) is 0.273. The third-order valence-electron chi connectivity index (χ3n) is 5.31. The molecule has 0 aliphatic carbocycles. The molecule has 0 amide bonds. The molecule has 2 heterocycles. The highest BCUT2D eigenvalue weighted by atomic mass is 19.1. The highest BCUT2D eigenvalue weighted by molar-refractivity contribution is 5.59. The lowest BCUT2D eigenvalue weighted by Crippen LogP contribution is -2.36. The number of nitrogens with zero attached hydrogens (tertiary/aromatic N) is 3. The molecule has 0 spiro atoms. The van der Waals surface area contributed by atoms with Crippen LogP contribution in [0.15, 0.2) is 60.7 Å². The van der Waals surface area contributed by atoms with Gasteiger partial charge in [-0.05, 0) is 72.9 Å². The lowest BCUT2D eigenvalue weighted by molar-refractivity contribution is 0.0928. The topological polar surface area (TPSA) is 49.2 Å². The van der Waals surface area contributed by atoms with Gasteiger partial charge in [0.1, 0.15) is 11.6 Å². The molecule has 1 atom stereocenters. The lowest BCUT2D eigenvalue weighted by Gasteiger charge is -2.34. The Morgan fingerprint density at radius 2 is 1.43 bits per heavy atom. The van der Waals surface area contributed by atoms with Crippen LogP contribution in [0.25, 0.3) is 11.3 Å². The Kier molecular flexibility index (Phi) is 5.30. The van der Waals surface area contributed by atoms with Gasteiger partial charge in [-0.1, -0.05) is 12.1 Å². The van der Waals surface area contributed by atoms with Crippen LogP contribution in [0.1, 0.15) is 24.5 Å². The summed E-state index contributed by atoms with van der Waals surface area (Å²) in [6.07, 6.45) is 1.05. The summed E-state index contributed by atoms with van der Waals surface area (Å²) in [5.41, 5.74) is 2.27. The summed E-state index contributed by atoms with van der Waals surface area (Å²) in [6, 6.07) is 16.0. The molecule has 1 saturated heterocycles. The Labute approximate surface area is 162 Å². The van der Waals surface area contributed by atoms with Crippen LogP contribution in [-0.2, 0) is 0 Å². The van der Waals surface area contributed by atoms with Gasteiger partial charge in [0.2, 0.25) is 0 Å². The molecule has 1 aliphatic rings. The number of aliphatic hydroxyl groups excluding tert-OH is 1. The third-order valence-corrected chi connectivity index (χ3v) is 5.31. The van der Waals surface area contributed by atoms with Gasteiger partial charge in [0, 0.05) is 18.7 Å². The van der Waals surface area contributed by atoms with E-state index in [4.69, 9.17) is 0 Å². The second-order valence-electron chi connectivity index (χ2n) is 7.10. The van der Waals surface area contributed by atoms with Gasteiger partial charge in [-0.3, -0.25) is 0 Å². The second-order valence-corrected chi connectivity index (χ2v) is 7.10. The zero-order valence-electron chi connectivity index (χ0n) is 15.3. The van der Waals surface area contributed by atoms with Crippen molar-refractivity contribution in [1.82, 2.24) is 10.2 Å². The van der Waals surface area contributed by atoms with Crippen LogP contribution in [0.2, 0.25) is 0 Å². The largest absolute Gasteiger partial charge is 0.388 e. The summed E-state index contributed by atoms with van der Waals surface area (Å²) < 4.78 is 26.1. The first-order valence-electron chi connectivity index (χ1n) is 9.38. The van der Waals surface area contributed by atoms with Crippen LogP contribution in [0.5, 0.6) is 0 Å². The first-order valence-corrected chi connectivity index (χ1v) is 9.38. The molecule has 144 valence electrons. The van der Waals surface area contributed by atoms with Gasteiger partial charge in [0.15, 0.2) is 5.82 Å². The Morgan fingerprint density at radius 3 is 2.00 bits per heavy atom. The zero-order valence-corrected chi connectivity index (χ0v) is 15.3. The second kappa shape index (κ2) is 8.02. The fourth-order valence-corrected chi connectivity index (χ4v) is 3.64. The molecule has 28 heavy (non-hydrogen) atoms. The highest BCUT2D eigenvalue weighted by Crippen LogP contribution is 2.32. The Morgan fingerprint density at radius 1 is 0.821 bits per heavy atom. The Bertz CT molecular complexity index is 906. The highest BCUT2D eigenvalue weighted by Gasteiger charge is 2.27. The van der Waals surface area contributed by atoms with E-state index in [1.54, 1.807) is 24.3 Å². The van der Waals surface area contributed by atoms with Crippen LogP contribution < -0.4 is 4.90 Å². The molecule has 4 nitrogen and oxygen atoms in total. The van der Waals surface area contributed by atoms with E-state index in [0.29, 0.717) is 5.69 Å². The van der Waals surface area contributed by atoms with Crippen molar-refractivity contribution in [1.29, 1.82) is 0 Å². The number of anilines is 1. The van der Waals surface area contributed by atoms with Gasteiger partial charge in [0.05, 0.1) is 11.8 Å². The smallest absolute Gasteiger partial charge is 0.151 e. The molecule has 0 radical (unpaired) electrons. The molecular weight excluding hydrogens is 360 g/mol. The van der Waals surface area contributed by atoms with E-state index in [-0.39, 0.29) is 17.6 Å². The van der Waals surface area contributed by atoms with E-state index < -0.39 is 6.10 Å². The van der Waals surface area contributed by atoms with Crippen LogP contribution in [0.3, 0.4) is 0 Å². The third kappa shape index (κ3) is 4.02. The summed E-state index contributed by atoms with van der Waals surface area (Å²) in [5, 5.41) is 19.2. The van der Waals surface area contributed by atoms with Crippen molar-refractivity contribution in [3.8, 4) is 11.3 Å². The van der Waals surface area contributed by atoms with Crippen molar-refractivity contribution < 1.29 is 13.9 Å². The van der Waals surface area contributed by atoms with Gasteiger partial charge in [0.25, 0.3) is 0 Å². The van der Waals surface area contributed by atoms with Crippen molar-refractivity contribution >= 4 is 5.82 Å². The molecule has 1 aliphatic heterocycles. The van der Waals surface area contributed by atoms with Crippen LogP contribution in [0.4, 0.5) is 14.6 Å². The predicted octanol–water partition coefficient (Wildman–Crippen LogP) is 4.37. The molecular formula is C22H21F2N3O. The van der Waals surface area contributed by atoms with Gasteiger partial charge in [-0.25, -0.2) is 8.78 Å². The average Bonchev–Trinajstić information content (AvgIpc) is 2.75. The standard InChI is InChI=1S/C22H21F2N3O/c23-18-5-1-15(2-6-18)20-9-10-21(26-25-20)27-13-11-17(12-14-27)22(28)16-3-7-19(24)8-4-16/h1-10,17,22,28H,11-14H2/t22-/m1/s1. The molecule has 6 heteroatoms. The number of aliphatic hydroxyl groups is 1. The summed E-state index contributed by atoms with van der Waals surface area (Å²) in [7, 11) is 0. The monoisotopic (exact) mass is 381 g/mol. The number of aromatic nitrogens is 2. The molecule has 3 aromatic rings. The number of rotatable bonds is 4. The number of piperidine rings is 1. The molecule has 1 N–H and O–H groups in total. The quantitative estimate of drug-likeness (QED) is 0.729. The molecule has 2 aromatic carbocycles. The molecule has 4 rings (SSSR count). The predicted molar refractivity (Wildman–Crippen MR) is 104 cm³/mol. The van der Waals surface area contributed by atoms with E-state index in [0.717, 1.165) is 42.9 Å². The summed E-state index contributed by atoms with van der Waals surface area (Å²) in [5.74, 6) is 0.348. The maximum absolute atomic E-state index is 13.1. The van der Waals surface area contributed by atoms with Crippen molar-refractivity contribution in [2.45, 2.75) is 18.9 Å². The molecule has 0 unspecified atom stereocenters. The Balaban J connectivity index is 1.38. The fourth-order valence-electron chi connectivity index (χ4n) is 3.64. The SMILES string of the molecule is O[C@H](c1ccc(F)cc1)C1CCN(c2ccc(-c3ccc(F)cc3)nn2)CC1. The van der Waals surface area contributed by atoms with E-state index in [9.17, 15) is 13.9 Å². The van der Waals surface area contributed by atoms with E-state index in [1.807, 2.05) is 12.1 Å². The van der Waals surface area contributed by atoms with Crippen molar-refractivity contribution in [2.75, 3.05) is 18.0 Å². The summed E-state index contributed by atoms with van der Waals surface area (Å²) in [6.45, 7) is 1.54. The maximum atomic E-state index is 13.1. The molecule has 1 fully saturated rings. The van der Waals surface area contributed by atoms with Crippen molar-refractivity contribution in [3.63, 3.8) is 0 Å². The molecule has 1 aromatic heterocycles.